The molecule has 1 N–H and O–H groups in total. The van der Waals surface area contributed by atoms with Crippen LogP contribution in [0, 0.1) is 0 Å². The van der Waals surface area contributed by atoms with Crippen LogP contribution in [-0.4, -0.2) is 49.2 Å². The number of amides is 1. The van der Waals surface area contributed by atoms with E-state index >= 15 is 0 Å². The Morgan fingerprint density at radius 1 is 1.35 bits per heavy atom. The van der Waals surface area contributed by atoms with Gasteiger partial charge in [0.05, 0.1) is 23.8 Å². The molecule has 0 aromatic heterocycles. The minimum Gasteiger partial charge on any atom is -0.373 e. The Bertz CT molecular complexity index is 577. The largest absolute Gasteiger partial charge is 0.417 e. The first-order valence-electron chi connectivity index (χ1n) is 7.75. The maximum atomic E-state index is 12.9. The van der Waals surface area contributed by atoms with Gasteiger partial charge in [-0.05, 0) is 31.5 Å². The molecule has 7 heteroatoms. The number of morpholine rings is 1. The third-order valence-corrected chi connectivity index (χ3v) is 4.43. The average molecular weight is 328 g/mol. The van der Waals surface area contributed by atoms with E-state index in [0.29, 0.717) is 19.2 Å². The van der Waals surface area contributed by atoms with Crippen molar-refractivity contribution in [2.24, 2.45) is 0 Å². The van der Waals surface area contributed by atoms with Crippen molar-refractivity contribution in [1.29, 1.82) is 0 Å². The summed E-state index contributed by atoms with van der Waals surface area (Å²) in [6.07, 6.45) is -2.45. The van der Waals surface area contributed by atoms with E-state index in [9.17, 15) is 18.0 Å². The number of rotatable bonds is 3. The number of nitrogens with one attached hydrogen (secondary N) is 1. The van der Waals surface area contributed by atoms with E-state index in [-0.39, 0.29) is 18.2 Å². The van der Waals surface area contributed by atoms with Crippen LogP contribution >= 0.6 is 0 Å². The van der Waals surface area contributed by atoms with Crippen LogP contribution in [0.3, 0.4) is 0 Å². The van der Waals surface area contributed by atoms with Crippen LogP contribution in [0.1, 0.15) is 28.8 Å². The summed E-state index contributed by atoms with van der Waals surface area (Å²) >= 11 is 0. The van der Waals surface area contributed by atoms with E-state index < -0.39 is 17.6 Å². The highest BCUT2D eigenvalue weighted by Gasteiger charge is 2.35. The van der Waals surface area contributed by atoms with Gasteiger partial charge >= 0.3 is 6.18 Å². The number of ether oxygens (including phenoxy) is 1. The summed E-state index contributed by atoms with van der Waals surface area (Å²) in [5.41, 5.74) is -1.27. The zero-order valence-electron chi connectivity index (χ0n) is 12.6. The smallest absolute Gasteiger partial charge is 0.373 e. The molecule has 0 unspecified atom stereocenters. The zero-order valence-corrected chi connectivity index (χ0v) is 12.6. The molecule has 0 spiro atoms. The lowest BCUT2D eigenvalue weighted by atomic mass is 10.1. The van der Waals surface area contributed by atoms with Crippen molar-refractivity contribution in [3.05, 3.63) is 35.4 Å². The molecule has 0 saturated carbocycles. The number of alkyl halides is 3. The SMILES string of the molecule is O=C(NC[C@H]1CN2CCC[C@@H]2CO1)c1ccccc1C(F)(F)F. The van der Waals surface area contributed by atoms with Gasteiger partial charge in [-0.3, -0.25) is 9.69 Å². The topological polar surface area (TPSA) is 41.6 Å². The highest BCUT2D eigenvalue weighted by Crippen LogP contribution is 2.31. The summed E-state index contributed by atoms with van der Waals surface area (Å²) < 4.78 is 44.5. The third kappa shape index (κ3) is 3.67. The minimum absolute atomic E-state index is 0.175. The third-order valence-electron chi connectivity index (χ3n) is 4.43. The number of carbonyl (C=O) groups excluding carboxylic acids is 1. The van der Waals surface area contributed by atoms with Crippen LogP contribution < -0.4 is 5.32 Å². The molecule has 126 valence electrons. The van der Waals surface area contributed by atoms with Gasteiger partial charge in [0.2, 0.25) is 0 Å². The Balaban J connectivity index is 1.60. The molecule has 0 aliphatic carbocycles. The molecule has 2 atom stereocenters. The van der Waals surface area contributed by atoms with Crippen molar-refractivity contribution in [3.8, 4) is 0 Å². The van der Waals surface area contributed by atoms with E-state index in [0.717, 1.165) is 25.5 Å². The summed E-state index contributed by atoms with van der Waals surface area (Å²) in [6, 6.07) is 5.26. The van der Waals surface area contributed by atoms with Crippen LogP contribution in [0.2, 0.25) is 0 Å². The first kappa shape index (κ1) is 16.3. The highest BCUT2D eigenvalue weighted by atomic mass is 19.4. The van der Waals surface area contributed by atoms with Gasteiger partial charge in [0.15, 0.2) is 0 Å². The van der Waals surface area contributed by atoms with Crippen molar-refractivity contribution >= 4 is 5.91 Å². The first-order valence-corrected chi connectivity index (χ1v) is 7.75. The summed E-state index contributed by atoms with van der Waals surface area (Å²) in [5, 5.41) is 2.57. The predicted octanol–water partition coefficient (Wildman–Crippen LogP) is 2.30. The lowest BCUT2D eigenvalue weighted by Gasteiger charge is -2.35. The molecule has 1 aromatic carbocycles. The summed E-state index contributed by atoms with van der Waals surface area (Å²) in [4.78, 5) is 14.4. The molecule has 0 bridgehead atoms. The molecular formula is C16H19F3N2O2. The summed E-state index contributed by atoms with van der Waals surface area (Å²) in [5.74, 6) is -0.718. The van der Waals surface area contributed by atoms with E-state index in [2.05, 4.69) is 10.2 Å². The Labute approximate surface area is 132 Å². The van der Waals surface area contributed by atoms with Crippen LogP contribution in [0.4, 0.5) is 13.2 Å². The zero-order chi connectivity index (χ0) is 16.4. The van der Waals surface area contributed by atoms with Crippen molar-refractivity contribution in [2.75, 3.05) is 26.2 Å². The van der Waals surface area contributed by atoms with Crippen LogP contribution in [0.15, 0.2) is 24.3 Å². The van der Waals surface area contributed by atoms with Crippen LogP contribution in [0.25, 0.3) is 0 Å². The van der Waals surface area contributed by atoms with Crippen molar-refractivity contribution < 1.29 is 22.7 Å². The van der Waals surface area contributed by atoms with Gasteiger partial charge in [0, 0.05) is 19.1 Å². The molecule has 2 fully saturated rings. The van der Waals surface area contributed by atoms with Crippen LogP contribution in [-0.2, 0) is 10.9 Å². The highest BCUT2D eigenvalue weighted by molar-refractivity contribution is 5.95. The number of hydrogen-bond acceptors (Lipinski definition) is 3. The van der Waals surface area contributed by atoms with Crippen molar-refractivity contribution in [1.82, 2.24) is 10.2 Å². The lowest BCUT2D eigenvalue weighted by Crippen LogP contribution is -2.50. The molecule has 2 saturated heterocycles. The summed E-state index contributed by atoms with van der Waals surface area (Å²) in [6.45, 7) is 2.58. The monoisotopic (exact) mass is 328 g/mol. The molecule has 2 aliphatic rings. The van der Waals surface area contributed by atoms with Gasteiger partial charge in [0.25, 0.3) is 5.91 Å². The molecule has 1 amide bonds. The fraction of sp³-hybridized carbons (Fsp3) is 0.562. The average Bonchev–Trinajstić information content (AvgIpc) is 2.99. The van der Waals surface area contributed by atoms with E-state index in [1.807, 2.05) is 0 Å². The van der Waals surface area contributed by atoms with Gasteiger partial charge < -0.3 is 10.1 Å². The number of benzene rings is 1. The molecule has 23 heavy (non-hydrogen) atoms. The molecule has 3 rings (SSSR count). The molecule has 1 aromatic rings. The molecule has 4 nitrogen and oxygen atoms in total. The Morgan fingerprint density at radius 3 is 2.91 bits per heavy atom. The number of carbonyl (C=O) groups is 1. The fourth-order valence-electron chi connectivity index (χ4n) is 3.24. The standard InChI is InChI=1S/C16H19F3N2O2/c17-16(18,19)14-6-2-1-5-13(14)15(22)20-8-12-9-21-7-3-4-11(21)10-23-12/h1-2,5-6,11-12H,3-4,7-10H2,(H,20,22)/t11-,12+/m1/s1. The Morgan fingerprint density at radius 2 is 2.13 bits per heavy atom. The number of nitrogens with zero attached hydrogens (tertiary/aromatic N) is 1. The van der Waals surface area contributed by atoms with Gasteiger partial charge in [-0.25, -0.2) is 0 Å². The normalized spacial score (nSPS) is 25.2. The Hall–Kier alpha value is -1.60. The van der Waals surface area contributed by atoms with Gasteiger partial charge in [-0.2, -0.15) is 13.2 Å². The van der Waals surface area contributed by atoms with Crippen molar-refractivity contribution in [2.45, 2.75) is 31.2 Å². The quantitative estimate of drug-likeness (QED) is 0.926. The fourth-order valence-corrected chi connectivity index (χ4v) is 3.24. The molecule has 2 aliphatic heterocycles. The first-order chi connectivity index (χ1) is 10.9. The summed E-state index contributed by atoms with van der Waals surface area (Å²) in [7, 11) is 0. The molecule has 0 radical (unpaired) electrons. The van der Waals surface area contributed by atoms with Crippen LogP contribution in [0.5, 0.6) is 0 Å². The number of halogens is 3. The van der Waals surface area contributed by atoms with E-state index in [1.165, 1.54) is 18.2 Å². The van der Waals surface area contributed by atoms with Crippen molar-refractivity contribution in [3.63, 3.8) is 0 Å². The Kier molecular flexibility index (Phi) is 4.59. The minimum atomic E-state index is -4.54. The number of hydrogen-bond donors (Lipinski definition) is 1. The van der Waals surface area contributed by atoms with Gasteiger partial charge in [-0.1, -0.05) is 12.1 Å². The lowest BCUT2D eigenvalue weighted by molar-refractivity contribution is -0.137. The second-order valence-electron chi connectivity index (χ2n) is 6.00. The van der Waals surface area contributed by atoms with E-state index in [4.69, 9.17) is 4.74 Å². The van der Waals surface area contributed by atoms with Gasteiger partial charge in [-0.15, -0.1) is 0 Å². The predicted molar refractivity (Wildman–Crippen MR) is 78.1 cm³/mol. The molecule has 2 heterocycles. The second-order valence-corrected chi connectivity index (χ2v) is 6.00. The second kappa shape index (κ2) is 6.49. The maximum Gasteiger partial charge on any atom is 0.417 e. The maximum absolute atomic E-state index is 12.9. The van der Waals surface area contributed by atoms with E-state index in [1.54, 1.807) is 0 Å². The van der Waals surface area contributed by atoms with Gasteiger partial charge in [0.1, 0.15) is 0 Å². The number of fused-ring (bicyclic) bond motifs is 1. The molecular weight excluding hydrogens is 309 g/mol.